The van der Waals surface area contributed by atoms with Gasteiger partial charge in [0, 0.05) is 29.8 Å². The van der Waals surface area contributed by atoms with Gasteiger partial charge in [-0.25, -0.2) is 0 Å². The summed E-state index contributed by atoms with van der Waals surface area (Å²) in [7, 11) is 0. The number of hydrogen-bond acceptors (Lipinski definition) is 4. The molecule has 1 heterocycles. The van der Waals surface area contributed by atoms with Gasteiger partial charge in [0.2, 0.25) is 0 Å². The summed E-state index contributed by atoms with van der Waals surface area (Å²) in [5.41, 5.74) is 1.75. The highest BCUT2D eigenvalue weighted by Gasteiger charge is 2.29. The summed E-state index contributed by atoms with van der Waals surface area (Å²) >= 11 is 0. The molecule has 0 radical (unpaired) electrons. The smallest absolute Gasteiger partial charge is 0.280 e. The van der Waals surface area contributed by atoms with Crippen LogP contribution in [0.25, 0.3) is 5.57 Å². The van der Waals surface area contributed by atoms with Gasteiger partial charge in [-0.3, -0.25) is 19.9 Å². The van der Waals surface area contributed by atoms with Crippen molar-refractivity contribution in [3.05, 3.63) is 75.6 Å². The first kappa shape index (κ1) is 12.2. The number of allylic oxidation sites excluding steroid dienone is 2. The monoisotopic (exact) mass is 266 g/mol. The van der Waals surface area contributed by atoms with E-state index in [0.29, 0.717) is 28.8 Å². The molecule has 20 heavy (non-hydrogen) atoms. The molecule has 1 aromatic heterocycles. The zero-order valence-corrected chi connectivity index (χ0v) is 10.4. The van der Waals surface area contributed by atoms with Gasteiger partial charge in [0.15, 0.2) is 5.78 Å². The van der Waals surface area contributed by atoms with E-state index in [4.69, 9.17) is 0 Å². The van der Waals surface area contributed by atoms with Gasteiger partial charge in [-0.05, 0) is 0 Å². The highest BCUT2D eigenvalue weighted by Crippen LogP contribution is 2.35. The van der Waals surface area contributed by atoms with Crippen LogP contribution in [-0.4, -0.2) is 15.7 Å². The Morgan fingerprint density at radius 2 is 1.95 bits per heavy atom. The highest BCUT2D eigenvalue weighted by molar-refractivity contribution is 6.30. The maximum absolute atomic E-state index is 12.5. The molecule has 0 N–H and O–H groups in total. The number of carbonyl (C=O) groups is 1. The molecule has 5 nitrogen and oxygen atoms in total. The molecule has 0 atom stereocenters. The molecule has 0 amide bonds. The van der Waals surface area contributed by atoms with E-state index in [2.05, 4.69) is 4.98 Å². The summed E-state index contributed by atoms with van der Waals surface area (Å²) in [6, 6.07) is 10.1. The normalized spacial score (nSPS) is 12.7. The Balaban J connectivity index is 2.09. The molecule has 0 aliphatic heterocycles. The Bertz CT molecular complexity index is 736. The third-order valence-electron chi connectivity index (χ3n) is 3.25. The van der Waals surface area contributed by atoms with Gasteiger partial charge in [-0.1, -0.05) is 36.4 Å². The third kappa shape index (κ3) is 1.89. The number of fused-ring (bicyclic) bond motifs is 1. The molecule has 1 aliphatic carbocycles. The fraction of sp³-hybridized carbons (Fsp3) is 0.0667. The molecule has 0 fully saturated rings. The second kappa shape index (κ2) is 4.70. The molecule has 0 spiro atoms. The zero-order chi connectivity index (χ0) is 14.1. The topological polar surface area (TPSA) is 73.1 Å². The number of nitro groups is 1. The van der Waals surface area contributed by atoms with Crippen LogP contribution in [0.5, 0.6) is 0 Å². The van der Waals surface area contributed by atoms with Crippen molar-refractivity contribution >= 4 is 17.0 Å². The molecular formula is C15H10N2O3. The van der Waals surface area contributed by atoms with Crippen LogP contribution >= 0.6 is 0 Å². The first-order chi connectivity index (χ1) is 9.68. The fourth-order valence-electron chi connectivity index (χ4n) is 2.35. The van der Waals surface area contributed by atoms with E-state index in [1.54, 1.807) is 30.3 Å². The summed E-state index contributed by atoms with van der Waals surface area (Å²) in [5.74, 6) is -0.208. The molecule has 0 saturated heterocycles. The van der Waals surface area contributed by atoms with Crippen molar-refractivity contribution in [3.8, 4) is 0 Å². The fourth-order valence-corrected chi connectivity index (χ4v) is 2.35. The number of benzene rings is 1. The number of pyridine rings is 1. The molecule has 0 unspecified atom stereocenters. The summed E-state index contributed by atoms with van der Waals surface area (Å²) in [5, 5.41) is 11.1. The molecule has 1 aliphatic rings. The number of ketones is 1. The standard InChI is InChI=1S/C15H10N2O3/c18-15(10-4-2-1-3-5-10)11-6-7-12-14(11)13(17(19)20)8-9-16-12/h1-6,8-9H,7H2. The van der Waals surface area contributed by atoms with Crippen molar-refractivity contribution in [1.29, 1.82) is 0 Å². The minimum atomic E-state index is -0.474. The number of carbonyl (C=O) groups excluding carboxylic acids is 1. The highest BCUT2D eigenvalue weighted by atomic mass is 16.6. The van der Waals surface area contributed by atoms with Crippen LogP contribution in [0.3, 0.4) is 0 Å². The number of nitrogens with zero attached hydrogens (tertiary/aromatic N) is 2. The second-order valence-corrected chi connectivity index (χ2v) is 4.43. The molecule has 0 saturated carbocycles. The van der Waals surface area contributed by atoms with Crippen molar-refractivity contribution < 1.29 is 9.72 Å². The van der Waals surface area contributed by atoms with Gasteiger partial charge in [0.1, 0.15) is 0 Å². The first-order valence-corrected chi connectivity index (χ1v) is 6.11. The van der Waals surface area contributed by atoms with E-state index >= 15 is 0 Å². The lowest BCUT2D eigenvalue weighted by Crippen LogP contribution is -2.05. The SMILES string of the molecule is O=C(C1=CCc2nccc([N+](=O)[O-])c21)c1ccccc1. The quantitative estimate of drug-likeness (QED) is 0.486. The minimum absolute atomic E-state index is 0.0666. The average Bonchev–Trinajstić information content (AvgIpc) is 2.91. The number of Topliss-reactive ketones (excluding diaryl/α,β-unsaturated/α-hetero) is 1. The predicted molar refractivity (Wildman–Crippen MR) is 73.3 cm³/mol. The summed E-state index contributed by atoms with van der Waals surface area (Å²) in [4.78, 5) is 27.2. The van der Waals surface area contributed by atoms with E-state index in [0.717, 1.165) is 0 Å². The second-order valence-electron chi connectivity index (χ2n) is 4.43. The van der Waals surface area contributed by atoms with Crippen molar-refractivity contribution in [1.82, 2.24) is 4.98 Å². The van der Waals surface area contributed by atoms with Crippen LogP contribution in [-0.2, 0) is 6.42 Å². The van der Waals surface area contributed by atoms with Gasteiger partial charge in [0.25, 0.3) is 5.69 Å². The van der Waals surface area contributed by atoms with E-state index in [9.17, 15) is 14.9 Å². The van der Waals surface area contributed by atoms with Crippen molar-refractivity contribution in [2.75, 3.05) is 0 Å². The van der Waals surface area contributed by atoms with Gasteiger partial charge in [-0.2, -0.15) is 0 Å². The van der Waals surface area contributed by atoms with Crippen molar-refractivity contribution in [2.24, 2.45) is 0 Å². The largest absolute Gasteiger partial charge is 0.289 e. The zero-order valence-electron chi connectivity index (χ0n) is 10.4. The van der Waals surface area contributed by atoms with Crippen LogP contribution in [0.15, 0.2) is 48.7 Å². The summed E-state index contributed by atoms with van der Waals surface area (Å²) < 4.78 is 0. The van der Waals surface area contributed by atoms with Crippen LogP contribution in [0.4, 0.5) is 5.69 Å². The van der Waals surface area contributed by atoms with Crippen LogP contribution < -0.4 is 0 Å². The number of hydrogen-bond donors (Lipinski definition) is 0. The molecular weight excluding hydrogens is 256 g/mol. The molecule has 1 aromatic carbocycles. The lowest BCUT2D eigenvalue weighted by atomic mass is 9.98. The van der Waals surface area contributed by atoms with Gasteiger partial charge < -0.3 is 0 Å². The lowest BCUT2D eigenvalue weighted by molar-refractivity contribution is -0.385. The maximum atomic E-state index is 12.5. The average molecular weight is 266 g/mol. The molecule has 5 heteroatoms. The third-order valence-corrected chi connectivity index (χ3v) is 3.25. The lowest BCUT2D eigenvalue weighted by Gasteiger charge is -2.05. The molecule has 98 valence electrons. The Hall–Kier alpha value is -2.82. The first-order valence-electron chi connectivity index (χ1n) is 6.11. The van der Waals surface area contributed by atoms with Crippen LogP contribution in [0.1, 0.15) is 21.6 Å². The Kier molecular flexibility index (Phi) is 2.87. The van der Waals surface area contributed by atoms with Gasteiger partial charge in [0.05, 0.1) is 16.2 Å². The summed E-state index contributed by atoms with van der Waals surface area (Å²) in [6.45, 7) is 0. The van der Waals surface area contributed by atoms with Crippen molar-refractivity contribution in [2.45, 2.75) is 6.42 Å². The van der Waals surface area contributed by atoms with Gasteiger partial charge >= 0.3 is 0 Å². The number of aromatic nitrogens is 1. The minimum Gasteiger partial charge on any atom is -0.289 e. The van der Waals surface area contributed by atoms with Gasteiger partial charge in [-0.15, -0.1) is 0 Å². The Labute approximate surface area is 114 Å². The molecule has 0 bridgehead atoms. The van der Waals surface area contributed by atoms with E-state index in [1.165, 1.54) is 12.3 Å². The molecule has 3 rings (SSSR count). The van der Waals surface area contributed by atoms with Crippen LogP contribution in [0, 0.1) is 10.1 Å². The Morgan fingerprint density at radius 3 is 2.65 bits per heavy atom. The predicted octanol–water partition coefficient (Wildman–Crippen LogP) is 2.81. The number of rotatable bonds is 3. The van der Waals surface area contributed by atoms with E-state index in [-0.39, 0.29) is 11.5 Å². The van der Waals surface area contributed by atoms with Crippen LogP contribution in [0.2, 0.25) is 0 Å². The molecule has 2 aromatic rings. The maximum Gasteiger partial charge on any atom is 0.280 e. The van der Waals surface area contributed by atoms with Crippen molar-refractivity contribution in [3.63, 3.8) is 0 Å². The van der Waals surface area contributed by atoms with E-state index in [1.807, 2.05) is 6.07 Å². The summed E-state index contributed by atoms with van der Waals surface area (Å²) in [6.07, 6.45) is 3.56. The van der Waals surface area contributed by atoms with E-state index < -0.39 is 4.92 Å². The Morgan fingerprint density at radius 1 is 1.20 bits per heavy atom.